The first kappa shape index (κ1) is 12.3. The summed E-state index contributed by atoms with van der Waals surface area (Å²) in [5.41, 5.74) is 6.45. The molecule has 0 bridgehead atoms. The van der Waals surface area contributed by atoms with Crippen molar-refractivity contribution in [1.29, 1.82) is 0 Å². The van der Waals surface area contributed by atoms with E-state index in [1.807, 2.05) is 20.8 Å². The van der Waals surface area contributed by atoms with Crippen molar-refractivity contribution in [3.05, 3.63) is 15.6 Å². The molecule has 0 spiro atoms. The summed E-state index contributed by atoms with van der Waals surface area (Å²) in [6.07, 6.45) is 1.40. The van der Waals surface area contributed by atoms with Crippen molar-refractivity contribution >= 4 is 17.1 Å². The third-order valence-electron chi connectivity index (χ3n) is 2.10. The molecular weight excluding hydrogens is 208 g/mol. The molecule has 3 nitrogen and oxygen atoms in total. The van der Waals surface area contributed by atoms with E-state index in [0.29, 0.717) is 23.9 Å². The molecule has 84 valence electrons. The quantitative estimate of drug-likeness (QED) is 0.783. The zero-order valence-electron chi connectivity index (χ0n) is 9.54. The van der Waals surface area contributed by atoms with Crippen LogP contribution in [0.4, 0.5) is 0 Å². The molecule has 1 aromatic heterocycles. The number of carbonyl (C=O) groups is 1. The minimum atomic E-state index is 0.154. The van der Waals surface area contributed by atoms with Gasteiger partial charge in [-0.3, -0.25) is 4.79 Å². The lowest BCUT2D eigenvalue weighted by molar-refractivity contribution is 0.0967. The Hall–Kier alpha value is -0.740. The lowest BCUT2D eigenvalue weighted by Crippen LogP contribution is -2.02. The van der Waals surface area contributed by atoms with Crippen LogP contribution >= 0.6 is 11.3 Å². The van der Waals surface area contributed by atoms with E-state index in [-0.39, 0.29) is 5.78 Å². The highest BCUT2D eigenvalue weighted by molar-refractivity contribution is 7.13. The molecule has 0 radical (unpaired) electrons. The van der Waals surface area contributed by atoms with Crippen molar-refractivity contribution in [2.45, 2.75) is 33.6 Å². The maximum atomic E-state index is 11.7. The molecule has 0 aromatic carbocycles. The van der Waals surface area contributed by atoms with Crippen molar-refractivity contribution < 1.29 is 4.79 Å². The van der Waals surface area contributed by atoms with Crippen molar-refractivity contribution in [3.8, 4) is 0 Å². The Labute approximate surface area is 94.7 Å². The van der Waals surface area contributed by atoms with E-state index in [1.165, 1.54) is 11.3 Å². The summed E-state index contributed by atoms with van der Waals surface area (Å²) in [5, 5.41) is 0.643. The first-order valence-corrected chi connectivity index (χ1v) is 6.05. The lowest BCUT2D eigenvalue weighted by atomic mass is 10.1. The van der Waals surface area contributed by atoms with Crippen molar-refractivity contribution in [1.82, 2.24) is 4.98 Å². The molecule has 0 aliphatic carbocycles. The summed E-state index contributed by atoms with van der Waals surface area (Å²) in [7, 11) is 0. The zero-order valence-corrected chi connectivity index (χ0v) is 10.4. The summed E-state index contributed by atoms with van der Waals surface area (Å²) in [5.74, 6) is 0.543. The van der Waals surface area contributed by atoms with Gasteiger partial charge in [0.2, 0.25) is 0 Å². The second-order valence-electron chi connectivity index (χ2n) is 4.09. The summed E-state index contributed by atoms with van der Waals surface area (Å²) < 4.78 is 0. The Kier molecular flexibility index (Phi) is 4.42. The number of rotatable bonds is 5. The molecular formula is C11H18N2OS. The minimum absolute atomic E-state index is 0.154. The third kappa shape index (κ3) is 3.39. The number of nitrogens with zero attached hydrogens (tertiary/aromatic N) is 1. The molecule has 4 heteroatoms. The molecule has 0 unspecified atom stereocenters. The molecule has 1 aromatic rings. The predicted octanol–water partition coefficient (Wildman–Crippen LogP) is 2.18. The fraction of sp³-hybridized carbons (Fsp3) is 0.636. The van der Waals surface area contributed by atoms with Crippen LogP contribution in [0.1, 0.15) is 40.6 Å². The van der Waals surface area contributed by atoms with E-state index in [0.717, 1.165) is 17.0 Å². The zero-order chi connectivity index (χ0) is 11.4. The fourth-order valence-corrected chi connectivity index (χ4v) is 2.39. The molecule has 1 rings (SSSR count). The Balaban J connectivity index is 2.78. The molecule has 15 heavy (non-hydrogen) atoms. The second kappa shape index (κ2) is 5.37. The third-order valence-corrected chi connectivity index (χ3v) is 3.35. The van der Waals surface area contributed by atoms with E-state index in [2.05, 4.69) is 4.98 Å². The van der Waals surface area contributed by atoms with Gasteiger partial charge in [-0.1, -0.05) is 13.8 Å². The van der Waals surface area contributed by atoms with Crippen LogP contribution in [0.2, 0.25) is 0 Å². The van der Waals surface area contributed by atoms with Gasteiger partial charge >= 0.3 is 0 Å². The van der Waals surface area contributed by atoms with Crippen LogP contribution in [-0.2, 0) is 6.42 Å². The monoisotopic (exact) mass is 226 g/mol. The molecule has 0 aliphatic heterocycles. The minimum Gasteiger partial charge on any atom is -0.330 e. The SMILES string of the molecule is Cc1nc(C(=O)CC(C)C)sc1CCN. The largest absolute Gasteiger partial charge is 0.330 e. The summed E-state index contributed by atoms with van der Waals surface area (Å²) in [4.78, 5) is 17.2. The van der Waals surface area contributed by atoms with Crippen LogP contribution in [0.5, 0.6) is 0 Å². The molecule has 0 amide bonds. The summed E-state index contributed by atoms with van der Waals surface area (Å²) >= 11 is 1.49. The maximum Gasteiger partial charge on any atom is 0.191 e. The molecule has 0 atom stereocenters. The van der Waals surface area contributed by atoms with E-state index >= 15 is 0 Å². The van der Waals surface area contributed by atoms with Gasteiger partial charge in [0.1, 0.15) is 0 Å². The van der Waals surface area contributed by atoms with Gasteiger partial charge in [0.15, 0.2) is 10.8 Å². The molecule has 1 heterocycles. The molecule has 2 N–H and O–H groups in total. The Morgan fingerprint density at radius 3 is 2.73 bits per heavy atom. The smallest absolute Gasteiger partial charge is 0.191 e. The summed E-state index contributed by atoms with van der Waals surface area (Å²) in [6, 6.07) is 0. The van der Waals surface area contributed by atoms with Crippen molar-refractivity contribution in [3.63, 3.8) is 0 Å². The summed E-state index contributed by atoms with van der Waals surface area (Å²) in [6.45, 7) is 6.63. The van der Waals surface area contributed by atoms with Gasteiger partial charge in [-0.05, 0) is 25.8 Å². The Morgan fingerprint density at radius 1 is 1.53 bits per heavy atom. The van der Waals surface area contributed by atoms with E-state index in [1.54, 1.807) is 0 Å². The Morgan fingerprint density at radius 2 is 2.20 bits per heavy atom. The van der Waals surface area contributed by atoms with Crippen LogP contribution in [0.15, 0.2) is 0 Å². The number of carbonyl (C=O) groups excluding carboxylic acids is 1. The standard InChI is InChI=1S/C11H18N2OS/c1-7(2)6-9(14)11-13-8(3)10(15-11)4-5-12/h7H,4-6,12H2,1-3H3. The average Bonchev–Trinajstić information content (AvgIpc) is 2.47. The number of Topliss-reactive ketones (excluding diaryl/α,β-unsaturated/α-hetero) is 1. The first-order chi connectivity index (χ1) is 7.04. The van der Waals surface area contributed by atoms with Crippen molar-refractivity contribution in [2.75, 3.05) is 6.54 Å². The maximum absolute atomic E-state index is 11.7. The van der Waals surface area contributed by atoms with Gasteiger partial charge in [-0.2, -0.15) is 0 Å². The second-order valence-corrected chi connectivity index (χ2v) is 5.17. The van der Waals surface area contributed by atoms with Gasteiger partial charge < -0.3 is 5.73 Å². The highest BCUT2D eigenvalue weighted by atomic mass is 32.1. The number of hydrogen-bond donors (Lipinski definition) is 1. The van der Waals surface area contributed by atoms with Crippen molar-refractivity contribution in [2.24, 2.45) is 11.7 Å². The fourth-order valence-electron chi connectivity index (χ4n) is 1.37. The van der Waals surface area contributed by atoms with Gasteiger partial charge in [0.25, 0.3) is 0 Å². The van der Waals surface area contributed by atoms with Gasteiger partial charge in [0, 0.05) is 11.3 Å². The van der Waals surface area contributed by atoms with E-state index in [9.17, 15) is 4.79 Å². The van der Waals surface area contributed by atoms with Gasteiger partial charge in [-0.15, -0.1) is 11.3 Å². The number of hydrogen-bond acceptors (Lipinski definition) is 4. The number of aromatic nitrogens is 1. The molecule has 0 saturated carbocycles. The highest BCUT2D eigenvalue weighted by Gasteiger charge is 2.14. The topological polar surface area (TPSA) is 56.0 Å². The van der Waals surface area contributed by atoms with Crippen LogP contribution < -0.4 is 5.73 Å². The molecule has 0 aliphatic rings. The van der Waals surface area contributed by atoms with Crippen LogP contribution in [0.25, 0.3) is 0 Å². The van der Waals surface area contributed by atoms with Gasteiger partial charge in [-0.25, -0.2) is 4.98 Å². The number of nitrogens with two attached hydrogens (primary N) is 1. The van der Waals surface area contributed by atoms with Crippen LogP contribution in [0, 0.1) is 12.8 Å². The predicted molar refractivity (Wildman–Crippen MR) is 63.4 cm³/mol. The normalized spacial score (nSPS) is 11.0. The highest BCUT2D eigenvalue weighted by Crippen LogP contribution is 2.20. The first-order valence-electron chi connectivity index (χ1n) is 5.24. The van der Waals surface area contributed by atoms with Crippen LogP contribution in [-0.4, -0.2) is 17.3 Å². The molecule has 0 fully saturated rings. The number of ketones is 1. The Bertz CT molecular complexity index is 344. The lowest BCUT2D eigenvalue weighted by Gasteiger charge is -1.99. The average molecular weight is 226 g/mol. The van der Waals surface area contributed by atoms with Crippen LogP contribution in [0.3, 0.4) is 0 Å². The van der Waals surface area contributed by atoms with E-state index in [4.69, 9.17) is 5.73 Å². The number of aryl methyl sites for hydroxylation is 1. The van der Waals surface area contributed by atoms with E-state index < -0.39 is 0 Å². The number of thiazole rings is 1. The van der Waals surface area contributed by atoms with Gasteiger partial charge in [0.05, 0.1) is 5.69 Å². The molecule has 0 saturated heterocycles.